The van der Waals surface area contributed by atoms with Crippen LogP contribution in [0.15, 0.2) is 11.2 Å². The number of halogens is 1. The van der Waals surface area contributed by atoms with E-state index in [2.05, 4.69) is 27.5 Å². The molecular weight excluding hydrogens is 401 g/mol. The third kappa shape index (κ3) is 7.60. The van der Waals surface area contributed by atoms with Gasteiger partial charge in [-0.05, 0) is 6.42 Å². The lowest BCUT2D eigenvalue weighted by atomic mass is 10.4. The van der Waals surface area contributed by atoms with E-state index in [1.807, 2.05) is 6.20 Å². The first-order chi connectivity index (χ1) is 9.56. The van der Waals surface area contributed by atoms with Crippen LogP contribution in [-0.2, 0) is 17.8 Å². The highest BCUT2D eigenvalue weighted by Crippen LogP contribution is 2.12. The van der Waals surface area contributed by atoms with Gasteiger partial charge in [-0.15, -0.1) is 35.3 Å². The van der Waals surface area contributed by atoms with Crippen LogP contribution >= 0.6 is 35.3 Å². The van der Waals surface area contributed by atoms with E-state index in [0.29, 0.717) is 25.5 Å². The normalized spacial score (nSPS) is 10.8. The maximum absolute atomic E-state index is 11.4. The molecule has 120 valence electrons. The summed E-state index contributed by atoms with van der Waals surface area (Å²) in [5, 5.41) is 7.34. The van der Waals surface area contributed by atoms with Crippen LogP contribution in [0.2, 0.25) is 0 Å². The highest BCUT2D eigenvalue weighted by atomic mass is 127. The third-order valence-corrected chi connectivity index (χ3v) is 3.85. The van der Waals surface area contributed by atoms with Gasteiger partial charge in [0.15, 0.2) is 5.96 Å². The second-order valence-electron chi connectivity index (χ2n) is 4.46. The van der Waals surface area contributed by atoms with Crippen molar-refractivity contribution in [3.8, 4) is 0 Å². The second kappa shape index (κ2) is 10.8. The number of aryl methyl sites for hydroxylation is 1. The minimum atomic E-state index is 0. The molecule has 1 amide bonds. The van der Waals surface area contributed by atoms with Crippen LogP contribution < -0.4 is 10.6 Å². The molecule has 1 aromatic heterocycles. The summed E-state index contributed by atoms with van der Waals surface area (Å²) in [7, 11) is 5.22. The molecule has 1 rings (SSSR count). The molecule has 1 heterocycles. The highest BCUT2D eigenvalue weighted by Gasteiger charge is 2.05. The lowest BCUT2D eigenvalue weighted by Gasteiger charge is -2.13. The summed E-state index contributed by atoms with van der Waals surface area (Å²) in [6, 6.07) is 0. The van der Waals surface area contributed by atoms with E-state index < -0.39 is 0 Å². The molecule has 0 radical (unpaired) electrons. The standard InChI is InChI=1S/C13H23N5OS.HI/c1-5-10-8-16-11(20-10)9-17-13(14-2)15-7-6-12(19)18(3)4;/h8H,5-7,9H2,1-4H3,(H2,14,15,17);1H. The monoisotopic (exact) mass is 425 g/mol. The average Bonchev–Trinajstić information content (AvgIpc) is 2.90. The van der Waals surface area contributed by atoms with Gasteiger partial charge in [-0.3, -0.25) is 9.79 Å². The molecule has 0 aliphatic heterocycles. The lowest BCUT2D eigenvalue weighted by molar-refractivity contribution is -0.128. The van der Waals surface area contributed by atoms with Gasteiger partial charge in [0.2, 0.25) is 5.91 Å². The van der Waals surface area contributed by atoms with Gasteiger partial charge in [0.1, 0.15) is 5.01 Å². The smallest absolute Gasteiger partial charge is 0.223 e. The van der Waals surface area contributed by atoms with Crippen molar-refractivity contribution in [2.75, 3.05) is 27.7 Å². The minimum Gasteiger partial charge on any atom is -0.356 e. The SMILES string of the molecule is CCc1cnc(CNC(=NC)NCCC(=O)N(C)C)s1.I. The fourth-order valence-corrected chi connectivity index (χ4v) is 2.29. The maximum atomic E-state index is 11.4. The van der Waals surface area contributed by atoms with Crippen LogP contribution in [0.1, 0.15) is 23.2 Å². The molecule has 0 saturated carbocycles. The van der Waals surface area contributed by atoms with Gasteiger partial charge >= 0.3 is 0 Å². The van der Waals surface area contributed by atoms with Crippen molar-refractivity contribution in [2.45, 2.75) is 26.3 Å². The fourth-order valence-electron chi connectivity index (χ4n) is 1.48. The van der Waals surface area contributed by atoms with E-state index in [9.17, 15) is 4.79 Å². The predicted octanol–water partition coefficient (Wildman–Crippen LogP) is 1.47. The second-order valence-corrected chi connectivity index (χ2v) is 5.66. The molecule has 0 aromatic carbocycles. The molecule has 0 spiro atoms. The van der Waals surface area contributed by atoms with Gasteiger partial charge in [-0.1, -0.05) is 6.92 Å². The molecule has 0 aliphatic carbocycles. The number of aromatic nitrogens is 1. The molecular formula is C13H24IN5OS. The zero-order valence-electron chi connectivity index (χ0n) is 13.0. The number of guanidine groups is 1. The molecule has 0 unspecified atom stereocenters. The summed E-state index contributed by atoms with van der Waals surface area (Å²) in [5.41, 5.74) is 0. The number of nitrogens with zero attached hydrogens (tertiary/aromatic N) is 3. The molecule has 2 N–H and O–H groups in total. The van der Waals surface area contributed by atoms with Crippen LogP contribution in [0.4, 0.5) is 0 Å². The van der Waals surface area contributed by atoms with Crippen molar-refractivity contribution in [2.24, 2.45) is 4.99 Å². The van der Waals surface area contributed by atoms with Crippen molar-refractivity contribution in [1.82, 2.24) is 20.5 Å². The predicted molar refractivity (Wildman–Crippen MR) is 98.4 cm³/mol. The van der Waals surface area contributed by atoms with Gasteiger partial charge in [0.25, 0.3) is 0 Å². The summed E-state index contributed by atoms with van der Waals surface area (Å²) in [4.78, 5) is 22.8. The Kier molecular flexibility index (Phi) is 10.3. The number of carbonyl (C=O) groups excluding carboxylic acids is 1. The van der Waals surface area contributed by atoms with Crippen molar-refractivity contribution in [1.29, 1.82) is 0 Å². The molecule has 1 aromatic rings. The number of carbonyl (C=O) groups is 1. The molecule has 0 atom stereocenters. The van der Waals surface area contributed by atoms with Crippen molar-refractivity contribution >= 4 is 47.2 Å². The summed E-state index contributed by atoms with van der Waals surface area (Å²) in [5.74, 6) is 0.783. The number of rotatable bonds is 6. The van der Waals surface area contributed by atoms with Gasteiger partial charge < -0.3 is 15.5 Å². The molecule has 6 nitrogen and oxygen atoms in total. The number of nitrogens with one attached hydrogen (secondary N) is 2. The zero-order valence-corrected chi connectivity index (χ0v) is 16.1. The Hall–Kier alpha value is -0.900. The Bertz CT molecular complexity index is 461. The van der Waals surface area contributed by atoms with Crippen molar-refractivity contribution in [3.05, 3.63) is 16.1 Å². The minimum absolute atomic E-state index is 0. The Morgan fingerprint density at radius 1 is 1.43 bits per heavy atom. The van der Waals surface area contributed by atoms with E-state index in [1.54, 1.807) is 37.4 Å². The fraction of sp³-hybridized carbons (Fsp3) is 0.615. The Balaban J connectivity index is 0.00000400. The molecule has 0 bridgehead atoms. The molecule has 0 aliphatic rings. The van der Waals surface area contributed by atoms with Crippen molar-refractivity contribution < 1.29 is 4.79 Å². The Labute approximate surface area is 147 Å². The number of aliphatic imine (C=N–C) groups is 1. The molecule has 0 fully saturated rings. The molecule has 21 heavy (non-hydrogen) atoms. The first-order valence-corrected chi connectivity index (χ1v) is 7.46. The number of hydrogen-bond acceptors (Lipinski definition) is 4. The first kappa shape index (κ1) is 20.1. The quantitative estimate of drug-likeness (QED) is 0.412. The molecule has 8 heteroatoms. The van der Waals surface area contributed by atoms with Crippen LogP contribution in [0.25, 0.3) is 0 Å². The Morgan fingerprint density at radius 2 is 2.14 bits per heavy atom. The van der Waals surface area contributed by atoms with Crippen LogP contribution in [0.3, 0.4) is 0 Å². The van der Waals surface area contributed by atoms with E-state index in [4.69, 9.17) is 0 Å². The number of thiazole rings is 1. The summed E-state index contributed by atoms with van der Waals surface area (Å²) in [6.07, 6.45) is 3.37. The van der Waals surface area contributed by atoms with Crippen LogP contribution in [0.5, 0.6) is 0 Å². The van der Waals surface area contributed by atoms with E-state index in [0.717, 1.165) is 11.4 Å². The summed E-state index contributed by atoms with van der Waals surface area (Å²) < 4.78 is 0. The topological polar surface area (TPSA) is 69.6 Å². The Morgan fingerprint density at radius 3 is 2.67 bits per heavy atom. The molecule has 0 saturated heterocycles. The maximum Gasteiger partial charge on any atom is 0.223 e. The zero-order chi connectivity index (χ0) is 15.0. The van der Waals surface area contributed by atoms with E-state index in [-0.39, 0.29) is 29.9 Å². The van der Waals surface area contributed by atoms with Gasteiger partial charge in [-0.25, -0.2) is 4.98 Å². The van der Waals surface area contributed by atoms with Gasteiger partial charge in [-0.2, -0.15) is 0 Å². The third-order valence-electron chi connectivity index (χ3n) is 2.71. The number of amides is 1. The first-order valence-electron chi connectivity index (χ1n) is 6.65. The average molecular weight is 425 g/mol. The van der Waals surface area contributed by atoms with Gasteiger partial charge in [0, 0.05) is 45.2 Å². The summed E-state index contributed by atoms with van der Waals surface area (Å²) in [6.45, 7) is 3.33. The van der Waals surface area contributed by atoms with Crippen LogP contribution in [-0.4, -0.2) is 49.4 Å². The van der Waals surface area contributed by atoms with E-state index >= 15 is 0 Å². The largest absolute Gasteiger partial charge is 0.356 e. The summed E-state index contributed by atoms with van der Waals surface area (Å²) >= 11 is 1.70. The van der Waals surface area contributed by atoms with Crippen LogP contribution in [0, 0.1) is 0 Å². The van der Waals surface area contributed by atoms with Crippen molar-refractivity contribution in [3.63, 3.8) is 0 Å². The highest BCUT2D eigenvalue weighted by molar-refractivity contribution is 14.0. The number of hydrogen-bond donors (Lipinski definition) is 2. The van der Waals surface area contributed by atoms with E-state index in [1.165, 1.54) is 4.88 Å². The lowest BCUT2D eigenvalue weighted by Crippen LogP contribution is -2.38. The van der Waals surface area contributed by atoms with Gasteiger partial charge in [0.05, 0.1) is 6.54 Å².